The van der Waals surface area contributed by atoms with Crippen molar-refractivity contribution < 1.29 is 24.5 Å². The number of carbonyl (C=O) groups excluding carboxylic acids is 1. The van der Waals surface area contributed by atoms with E-state index < -0.39 is 41.4 Å². The van der Waals surface area contributed by atoms with Gasteiger partial charge in [0.05, 0.1) is 0 Å². The largest absolute Gasteiger partial charge is 0.462 e. The SMILES string of the molecule is CC(C)C(N)C(=O)OCC1OC(n2c(=O)sc3c(NC4CCCC4)nc(N)nc32)C(O)C1O. The van der Waals surface area contributed by atoms with Crippen LogP contribution in [0, 0.1) is 5.92 Å². The topological polar surface area (TPSA) is 188 Å². The molecule has 1 saturated heterocycles. The third-order valence-corrected chi connectivity index (χ3v) is 7.10. The summed E-state index contributed by atoms with van der Waals surface area (Å²) >= 11 is 0.904. The fourth-order valence-corrected chi connectivity index (χ4v) is 5.03. The highest BCUT2D eigenvalue weighted by Gasteiger charge is 2.46. The predicted molar refractivity (Wildman–Crippen MR) is 122 cm³/mol. The van der Waals surface area contributed by atoms with E-state index in [1.807, 2.05) is 0 Å². The highest BCUT2D eigenvalue weighted by molar-refractivity contribution is 7.17. The van der Waals surface area contributed by atoms with Gasteiger partial charge in [0.2, 0.25) is 5.95 Å². The number of nitrogen functional groups attached to an aromatic ring is 1. The summed E-state index contributed by atoms with van der Waals surface area (Å²) in [4.78, 5) is 33.0. The van der Waals surface area contributed by atoms with E-state index in [9.17, 15) is 19.8 Å². The Hall–Kier alpha value is -2.32. The minimum Gasteiger partial charge on any atom is -0.462 e. The van der Waals surface area contributed by atoms with Crippen molar-refractivity contribution in [1.29, 1.82) is 0 Å². The average Bonchev–Trinajstić information content (AvgIpc) is 3.46. The van der Waals surface area contributed by atoms with Crippen molar-refractivity contribution in [1.82, 2.24) is 14.5 Å². The van der Waals surface area contributed by atoms with Crippen molar-refractivity contribution in [3.8, 4) is 0 Å². The number of thiazole rings is 1. The number of aliphatic hydroxyl groups is 2. The monoisotopic (exact) mass is 482 g/mol. The molecule has 0 amide bonds. The minimum absolute atomic E-state index is 0.0317. The van der Waals surface area contributed by atoms with Crippen LogP contribution in [0.1, 0.15) is 45.8 Å². The summed E-state index contributed by atoms with van der Waals surface area (Å²) in [5, 5.41) is 24.4. The fraction of sp³-hybridized carbons (Fsp3) is 0.700. The second kappa shape index (κ2) is 9.50. The quantitative estimate of drug-likeness (QED) is 0.332. The van der Waals surface area contributed by atoms with E-state index in [0.717, 1.165) is 41.6 Å². The van der Waals surface area contributed by atoms with Gasteiger partial charge in [-0.15, -0.1) is 0 Å². The molecule has 13 heteroatoms. The van der Waals surface area contributed by atoms with E-state index in [1.54, 1.807) is 13.8 Å². The molecule has 3 heterocycles. The molecular formula is C20H30N6O6S. The number of fused-ring (bicyclic) bond motifs is 1. The van der Waals surface area contributed by atoms with Gasteiger partial charge in [0, 0.05) is 6.04 Å². The number of rotatable bonds is 7. The van der Waals surface area contributed by atoms with E-state index >= 15 is 0 Å². The van der Waals surface area contributed by atoms with Crippen molar-refractivity contribution >= 4 is 39.4 Å². The number of nitrogens with one attached hydrogen (secondary N) is 1. The number of carbonyl (C=O) groups is 1. The molecule has 5 atom stereocenters. The lowest BCUT2D eigenvalue weighted by Crippen LogP contribution is -2.40. The standard InChI is InChI=1S/C20H30N6O6S/c1-8(2)11(21)18(29)31-7-10-12(27)13(28)17(32-10)26-16-14(33-20(26)30)15(24-19(22)25-16)23-9-5-3-4-6-9/h8-13,17,27-28H,3-7,21H2,1-2H3,(H3,22,23,24,25). The smallest absolute Gasteiger partial charge is 0.323 e. The zero-order valence-corrected chi connectivity index (χ0v) is 19.3. The molecule has 5 unspecified atom stereocenters. The summed E-state index contributed by atoms with van der Waals surface area (Å²) in [6.07, 6.45) is -0.903. The molecule has 1 saturated carbocycles. The van der Waals surface area contributed by atoms with Crippen LogP contribution in [-0.2, 0) is 14.3 Å². The molecule has 2 aromatic heterocycles. The summed E-state index contributed by atoms with van der Waals surface area (Å²) in [5.74, 6) is -0.333. The zero-order valence-electron chi connectivity index (χ0n) is 18.5. The number of nitrogens with zero attached hydrogens (tertiary/aromatic N) is 3. The Morgan fingerprint density at radius 3 is 2.67 bits per heavy atom. The number of aromatic nitrogens is 3. The van der Waals surface area contributed by atoms with Gasteiger partial charge in [0.25, 0.3) is 0 Å². The van der Waals surface area contributed by atoms with Crippen LogP contribution in [0.15, 0.2) is 4.79 Å². The summed E-state index contributed by atoms with van der Waals surface area (Å²) in [6, 6.07) is -0.585. The normalized spacial score (nSPS) is 26.8. The van der Waals surface area contributed by atoms with Crippen LogP contribution in [0.2, 0.25) is 0 Å². The number of ether oxygens (including phenoxy) is 2. The van der Waals surface area contributed by atoms with Gasteiger partial charge in [-0.1, -0.05) is 38.0 Å². The van der Waals surface area contributed by atoms with Gasteiger partial charge in [-0.25, -0.2) is 0 Å². The third kappa shape index (κ3) is 4.68. The average molecular weight is 483 g/mol. The molecule has 7 N–H and O–H groups in total. The molecule has 182 valence electrons. The van der Waals surface area contributed by atoms with Crippen LogP contribution >= 0.6 is 11.3 Å². The summed E-state index contributed by atoms with van der Waals surface area (Å²) in [5.41, 5.74) is 11.9. The summed E-state index contributed by atoms with van der Waals surface area (Å²) in [6.45, 7) is 3.24. The first-order valence-electron chi connectivity index (χ1n) is 11.1. The van der Waals surface area contributed by atoms with E-state index in [2.05, 4.69) is 15.3 Å². The molecule has 0 spiro atoms. The third-order valence-electron chi connectivity index (χ3n) is 6.15. The molecule has 12 nitrogen and oxygen atoms in total. The molecule has 2 fully saturated rings. The van der Waals surface area contributed by atoms with Crippen LogP contribution in [0.4, 0.5) is 11.8 Å². The molecule has 2 aromatic rings. The Kier molecular flexibility index (Phi) is 6.86. The molecule has 2 aliphatic rings. The van der Waals surface area contributed by atoms with E-state index in [1.165, 1.54) is 0 Å². The number of aliphatic hydroxyl groups excluding tert-OH is 2. The lowest BCUT2D eigenvalue weighted by atomic mass is 10.1. The highest BCUT2D eigenvalue weighted by Crippen LogP contribution is 2.34. The van der Waals surface area contributed by atoms with Gasteiger partial charge in [0.15, 0.2) is 17.7 Å². The molecule has 0 bridgehead atoms. The fourth-order valence-electron chi connectivity index (χ4n) is 4.13. The summed E-state index contributed by atoms with van der Waals surface area (Å²) in [7, 11) is 0. The van der Waals surface area contributed by atoms with Gasteiger partial charge >= 0.3 is 10.8 Å². The second-order valence-electron chi connectivity index (χ2n) is 8.89. The minimum atomic E-state index is -1.45. The van der Waals surface area contributed by atoms with Crippen molar-refractivity contribution in [2.75, 3.05) is 17.7 Å². The molecule has 4 rings (SSSR count). The molecule has 0 aromatic carbocycles. The molecule has 0 radical (unpaired) electrons. The van der Waals surface area contributed by atoms with E-state index in [4.69, 9.17) is 20.9 Å². The van der Waals surface area contributed by atoms with Gasteiger partial charge in [0.1, 0.15) is 35.7 Å². The molecule has 1 aliphatic heterocycles. The number of esters is 1. The first-order valence-corrected chi connectivity index (χ1v) is 11.9. The highest BCUT2D eigenvalue weighted by atomic mass is 32.1. The maximum atomic E-state index is 12.9. The van der Waals surface area contributed by atoms with Crippen LogP contribution < -0.4 is 21.7 Å². The van der Waals surface area contributed by atoms with Crippen LogP contribution in [0.5, 0.6) is 0 Å². The number of hydrogen-bond acceptors (Lipinski definition) is 12. The zero-order chi connectivity index (χ0) is 23.9. The van der Waals surface area contributed by atoms with Gasteiger partial charge < -0.3 is 36.5 Å². The lowest BCUT2D eigenvalue weighted by molar-refractivity contribution is -0.152. The number of nitrogens with two attached hydrogens (primary N) is 2. The molecule has 33 heavy (non-hydrogen) atoms. The molecule has 1 aliphatic carbocycles. The molecular weight excluding hydrogens is 452 g/mol. The lowest BCUT2D eigenvalue weighted by Gasteiger charge is -2.18. The van der Waals surface area contributed by atoms with E-state index in [0.29, 0.717) is 10.5 Å². The predicted octanol–water partition coefficient (Wildman–Crippen LogP) is -0.0646. The summed E-state index contributed by atoms with van der Waals surface area (Å²) < 4.78 is 12.6. The van der Waals surface area contributed by atoms with Gasteiger partial charge in [-0.05, 0) is 18.8 Å². The first-order chi connectivity index (χ1) is 15.7. The maximum Gasteiger partial charge on any atom is 0.323 e. The Balaban J connectivity index is 1.58. The van der Waals surface area contributed by atoms with Gasteiger partial charge in [-0.2, -0.15) is 9.97 Å². The van der Waals surface area contributed by atoms with Gasteiger partial charge in [-0.3, -0.25) is 14.2 Å². The van der Waals surface area contributed by atoms with Crippen LogP contribution in [-0.4, -0.2) is 67.7 Å². The number of anilines is 2. The van der Waals surface area contributed by atoms with Crippen molar-refractivity contribution in [3.63, 3.8) is 0 Å². The van der Waals surface area contributed by atoms with Crippen LogP contribution in [0.3, 0.4) is 0 Å². The second-order valence-corrected chi connectivity index (χ2v) is 9.85. The van der Waals surface area contributed by atoms with Crippen molar-refractivity contribution in [2.45, 2.75) is 76.2 Å². The Morgan fingerprint density at radius 1 is 1.30 bits per heavy atom. The van der Waals surface area contributed by atoms with Crippen LogP contribution in [0.25, 0.3) is 10.3 Å². The Morgan fingerprint density at radius 2 is 2.00 bits per heavy atom. The number of hydrogen-bond donors (Lipinski definition) is 5. The van der Waals surface area contributed by atoms with E-state index in [-0.39, 0.29) is 30.2 Å². The maximum absolute atomic E-state index is 12.9. The Labute approximate surface area is 193 Å². The first kappa shape index (κ1) is 23.8. The van der Waals surface area contributed by atoms with Crippen molar-refractivity contribution in [3.05, 3.63) is 9.67 Å². The Bertz CT molecular complexity index is 1070. The van der Waals surface area contributed by atoms with Crippen molar-refractivity contribution in [2.24, 2.45) is 11.7 Å².